The van der Waals surface area contributed by atoms with Crippen LogP contribution in [0.15, 0.2) is 18.2 Å². The van der Waals surface area contributed by atoms with Crippen molar-refractivity contribution in [3.05, 3.63) is 26.5 Å². The van der Waals surface area contributed by atoms with E-state index in [0.29, 0.717) is 6.04 Å². The zero-order valence-corrected chi connectivity index (χ0v) is 13.4. The first kappa shape index (κ1) is 12.7. The predicted octanol–water partition coefficient (Wildman–Crippen LogP) is 5.05. The van der Waals surface area contributed by atoms with Crippen molar-refractivity contribution in [2.45, 2.75) is 38.6 Å². The van der Waals surface area contributed by atoms with Crippen LogP contribution >= 0.6 is 34.8 Å². The molecule has 1 saturated carbocycles. The van der Waals surface area contributed by atoms with Gasteiger partial charge in [0, 0.05) is 9.61 Å². The molecular formula is C14H17IN2S. The van der Waals surface area contributed by atoms with Crippen molar-refractivity contribution >= 4 is 45.8 Å². The monoisotopic (exact) mass is 372 g/mol. The van der Waals surface area contributed by atoms with E-state index in [2.05, 4.69) is 57.3 Å². The molecule has 1 fully saturated rings. The molecule has 3 rings (SSSR count). The zero-order chi connectivity index (χ0) is 12.7. The van der Waals surface area contributed by atoms with Crippen LogP contribution in [-0.2, 0) is 0 Å². The van der Waals surface area contributed by atoms with Crippen LogP contribution in [0.25, 0.3) is 11.0 Å². The van der Waals surface area contributed by atoms with Crippen molar-refractivity contribution in [1.82, 2.24) is 9.55 Å². The van der Waals surface area contributed by atoms with Gasteiger partial charge in [0.1, 0.15) is 0 Å². The Labute approximate surface area is 126 Å². The molecule has 0 amide bonds. The van der Waals surface area contributed by atoms with Crippen LogP contribution in [0.2, 0.25) is 0 Å². The molecule has 1 aromatic heterocycles. The number of fused-ring (bicyclic) bond motifs is 1. The van der Waals surface area contributed by atoms with E-state index in [1.165, 1.54) is 40.3 Å². The molecule has 1 heterocycles. The SMILES string of the molecule is CC1CCCCC1n1c(=S)[nH]c2cc(I)ccc21. The molecule has 2 aromatic rings. The predicted molar refractivity (Wildman–Crippen MR) is 86.5 cm³/mol. The molecule has 0 spiro atoms. The number of halogens is 1. The van der Waals surface area contributed by atoms with Crippen LogP contribution in [0.1, 0.15) is 38.6 Å². The first-order valence-electron chi connectivity index (χ1n) is 6.56. The maximum Gasteiger partial charge on any atom is 0.178 e. The van der Waals surface area contributed by atoms with E-state index in [9.17, 15) is 0 Å². The number of nitrogens with zero attached hydrogens (tertiary/aromatic N) is 1. The number of aromatic nitrogens is 2. The molecule has 1 aliphatic carbocycles. The van der Waals surface area contributed by atoms with Crippen molar-refractivity contribution in [3.63, 3.8) is 0 Å². The summed E-state index contributed by atoms with van der Waals surface area (Å²) in [4.78, 5) is 3.36. The second-order valence-electron chi connectivity index (χ2n) is 5.29. The van der Waals surface area contributed by atoms with Gasteiger partial charge in [0.15, 0.2) is 4.77 Å². The van der Waals surface area contributed by atoms with Crippen LogP contribution in [0.4, 0.5) is 0 Å². The largest absolute Gasteiger partial charge is 0.331 e. The fourth-order valence-electron chi connectivity index (χ4n) is 3.11. The van der Waals surface area contributed by atoms with E-state index >= 15 is 0 Å². The fraction of sp³-hybridized carbons (Fsp3) is 0.500. The van der Waals surface area contributed by atoms with Crippen molar-refractivity contribution < 1.29 is 0 Å². The van der Waals surface area contributed by atoms with Gasteiger partial charge in [-0.15, -0.1) is 0 Å². The molecule has 1 N–H and O–H groups in total. The summed E-state index contributed by atoms with van der Waals surface area (Å²) in [5.74, 6) is 0.726. The second kappa shape index (κ2) is 4.96. The van der Waals surface area contributed by atoms with Crippen molar-refractivity contribution in [1.29, 1.82) is 0 Å². The zero-order valence-electron chi connectivity index (χ0n) is 10.4. The lowest BCUT2D eigenvalue weighted by atomic mass is 9.86. The Morgan fingerprint density at radius 3 is 2.89 bits per heavy atom. The first-order valence-corrected chi connectivity index (χ1v) is 8.05. The standard InChI is InChI=1S/C14H17IN2S/c1-9-4-2-3-5-12(9)17-13-7-6-10(15)8-11(13)16-14(17)18/h6-9,12H,2-5H2,1H3,(H,16,18). The molecular weight excluding hydrogens is 355 g/mol. The third kappa shape index (κ3) is 2.13. The average Bonchev–Trinajstić information content (AvgIpc) is 2.65. The quantitative estimate of drug-likeness (QED) is 0.549. The molecule has 2 atom stereocenters. The van der Waals surface area contributed by atoms with Gasteiger partial charge in [0.05, 0.1) is 11.0 Å². The molecule has 1 aromatic carbocycles. The van der Waals surface area contributed by atoms with Gasteiger partial charge in [0.25, 0.3) is 0 Å². The summed E-state index contributed by atoms with van der Waals surface area (Å²) in [6.45, 7) is 2.36. The first-order chi connectivity index (χ1) is 8.66. The molecule has 4 heteroatoms. The molecule has 2 nitrogen and oxygen atoms in total. The lowest BCUT2D eigenvalue weighted by molar-refractivity contribution is 0.260. The van der Waals surface area contributed by atoms with Gasteiger partial charge in [-0.3, -0.25) is 0 Å². The molecule has 18 heavy (non-hydrogen) atoms. The molecule has 96 valence electrons. The smallest absolute Gasteiger partial charge is 0.178 e. The van der Waals surface area contributed by atoms with Gasteiger partial charge in [-0.25, -0.2) is 0 Å². The van der Waals surface area contributed by atoms with E-state index in [1.54, 1.807) is 0 Å². The van der Waals surface area contributed by atoms with Crippen molar-refractivity contribution in [3.8, 4) is 0 Å². The Bertz CT molecular complexity index is 628. The van der Waals surface area contributed by atoms with Gasteiger partial charge in [-0.05, 0) is 71.8 Å². The van der Waals surface area contributed by atoms with E-state index < -0.39 is 0 Å². The normalized spacial score (nSPS) is 24.6. The highest BCUT2D eigenvalue weighted by molar-refractivity contribution is 14.1. The molecule has 0 radical (unpaired) electrons. The topological polar surface area (TPSA) is 20.7 Å². The number of hydrogen-bond acceptors (Lipinski definition) is 1. The molecule has 0 bridgehead atoms. The van der Waals surface area contributed by atoms with Gasteiger partial charge in [0.2, 0.25) is 0 Å². The lowest BCUT2D eigenvalue weighted by Gasteiger charge is -2.30. The average molecular weight is 372 g/mol. The number of nitrogens with one attached hydrogen (secondary N) is 1. The minimum Gasteiger partial charge on any atom is -0.331 e. The maximum absolute atomic E-state index is 5.53. The highest BCUT2D eigenvalue weighted by Gasteiger charge is 2.24. The lowest BCUT2D eigenvalue weighted by Crippen LogP contribution is -2.21. The maximum atomic E-state index is 5.53. The Morgan fingerprint density at radius 2 is 2.11 bits per heavy atom. The summed E-state index contributed by atoms with van der Waals surface area (Å²) in [5, 5.41) is 0. The summed E-state index contributed by atoms with van der Waals surface area (Å²) in [6, 6.07) is 7.11. The Kier molecular flexibility index (Phi) is 3.49. The van der Waals surface area contributed by atoms with E-state index in [4.69, 9.17) is 12.2 Å². The molecule has 2 unspecified atom stereocenters. The van der Waals surface area contributed by atoms with Gasteiger partial charge in [-0.1, -0.05) is 19.8 Å². The molecule has 0 aliphatic heterocycles. The second-order valence-corrected chi connectivity index (χ2v) is 6.92. The van der Waals surface area contributed by atoms with Crippen molar-refractivity contribution in [2.24, 2.45) is 5.92 Å². The van der Waals surface area contributed by atoms with Gasteiger partial charge < -0.3 is 9.55 Å². The number of benzene rings is 1. The minimum atomic E-state index is 0.570. The van der Waals surface area contributed by atoms with Gasteiger partial charge in [-0.2, -0.15) is 0 Å². The van der Waals surface area contributed by atoms with Crippen LogP contribution in [-0.4, -0.2) is 9.55 Å². The third-order valence-electron chi connectivity index (χ3n) is 4.08. The van der Waals surface area contributed by atoms with Crippen LogP contribution in [0.3, 0.4) is 0 Å². The summed E-state index contributed by atoms with van der Waals surface area (Å²) in [5.41, 5.74) is 2.43. The third-order valence-corrected chi connectivity index (χ3v) is 5.05. The minimum absolute atomic E-state index is 0.570. The highest BCUT2D eigenvalue weighted by Crippen LogP contribution is 2.36. The Morgan fingerprint density at radius 1 is 1.33 bits per heavy atom. The number of imidazole rings is 1. The Balaban J connectivity index is 2.16. The Hall–Kier alpha value is -0.360. The fourth-order valence-corrected chi connectivity index (χ4v) is 3.95. The number of hydrogen-bond donors (Lipinski definition) is 1. The molecule has 1 aliphatic rings. The number of H-pyrrole nitrogens is 1. The van der Waals surface area contributed by atoms with Crippen molar-refractivity contribution in [2.75, 3.05) is 0 Å². The van der Waals surface area contributed by atoms with E-state index in [0.717, 1.165) is 10.7 Å². The number of aromatic amines is 1. The summed E-state index contributed by atoms with van der Waals surface area (Å²) >= 11 is 7.88. The number of rotatable bonds is 1. The van der Waals surface area contributed by atoms with E-state index in [1.807, 2.05) is 0 Å². The summed E-state index contributed by atoms with van der Waals surface area (Å²) in [6.07, 6.45) is 5.27. The summed E-state index contributed by atoms with van der Waals surface area (Å²) in [7, 11) is 0. The van der Waals surface area contributed by atoms with Crippen LogP contribution in [0, 0.1) is 14.3 Å². The molecule has 0 saturated heterocycles. The highest BCUT2D eigenvalue weighted by atomic mass is 127. The van der Waals surface area contributed by atoms with Crippen LogP contribution in [0.5, 0.6) is 0 Å². The van der Waals surface area contributed by atoms with Gasteiger partial charge >= 0.3 is 0 Å². The van der Waals surface area contributed by atoms with E-state index in [-0.39, 0.29) is 0 Å². The van der Waals surface area contributed by atoms with Crippen LogP contribution < -0.4 is 0 Å². The summed E-state index contributed by atoms with van der Waals surface area (Å²) < 4.78 is 4.48.